The fourth-order valence-electron chi connectivity index (χ4n) is 4.34. The third kappa shape index (κ3) is 4.47. The highest BCUT2D eigenvalue weighted by Crippen LogP contribution is 2.41. The van der Waals surface area contributed by atoms with E-state index in [1.54, 1.807) is 31.2 Å². The maximum atomic E-state index is 12.6. The lowest BCUT2D eigenvalue weighted by Crippen LogP contribution is -2.32. The number of amides is 1. The SMILES string of the molecule is CCS(=O)(=O)c1ccc(CC(=O)Nc2ccc3c(c2)CCCC3(O)c2ccccc2)cc1. The first-order chi connectivity index (χ1) is 15.3. The van der Waals surface area contributed by atoms with E-state index in [9.17, 15) is 18.3 Å². The predicted molar refractivity (Wildman–Crippen MR) is 125 cm³/mol. The number of fused-ring (bicyclic) bond motifs is 1. The number of sulfone groups is 1. The smallest absolute Gasteiger partial charge is 0.228 e. The summed E-state index contributed by atoms with van der Waals surface area (Å²) in [6.07, 6.45) is 2.53. The molecule has 0 aromatic heterocycles. The molecule has 5 nitrogen and oxygen atoms in total. The van der Waals surface area contributed by atoms with Crippen molar-refractivity contribution in [2.24, 2.45) is 0 Å². The first-order valence-electron chi connectivity index (χ1n) is 10.8. The van der Waals surface area contributed by atoms with Crippen molar-refractivity contribution < 1.29 is 18.3 Å². The highest BCUT2D eigenvalue weighted by atomic mass is 32.2. The number of aliphatic hydroxyl groups is 1. The Morgan fingerprint density at radius 2 is 1.75 bits per heavy atom. The molecule has 1 amide bonds. The topological polar surface area (TPSA) is 83.5 Å². The van der Waals surface area contributed by atoms with E-state index in [-0.39, 0.29) is 23.0 Å². The zero-order valence-corrected chi connectivity index (χ0v) is 18.9. The van der Waals surface area contributed by atoms with Gasteiger partial charge in [0.1, 0.15) is 5.60 Å². The van der Waals surface area contributed by atoms with E-state index in [4.69, 9.17) is 0 Å². The van der Waals surface area contributed by atoms with Crippen molar-refractivity contribution in [3.63, 3.8) is 0 Å². The van der Waals surface area contributed by atoms with E-state index in [0.29, 0.717) is 12.1 Å². The fourth-order valence-corrected chi connectivity index (χ4v) is 5.22. The van der Waals surface area contributed by atoms with Gasteiger partial charge in [-0.05, 0) is 65.8 Å². The Kier molecular flexibility index (Phi) is 6.17. The lowest BCUT2D eigenvalue weighted by Gasteiger charge is -2.35. The number of nitrogens with one attached hydrogen (secondary N) is 1. The largest absolute Gasteiger partial charge is 0.380 e. The zero-order chi connectivity index (χ0) is 22.8. The summed E-state index contributed by atoms with van der Waals surface area (Å²) < 4.78 is 23.9. The Morgan fingerprint density at radius 3 is 2.44 bits per heavy atom. The average molecular weight is 450 g/mol. The second-order valence-corrected chi connectivity index (χ2v) is 10.5. The molecule has 0 fully saturated rings. The third-order valence-corrected chi connectivity index (χ3v) is 7.85. The summed E-state index contributed by atoms with van der Waals surface area (Å²) in [4.78, 5) is 12.8. The molecule has 0 spiro atoms. The molecule has 166 valence electrons. The van der Waals surface area contributed by atoms with Crippen LogP contribution in [0.2, 0.25) is 0 Å². The van der Waals surface area contributed by atoms with Gasteiger partial charge in [-0.3, -0.25) is 4.79 Å². The summed E-state index contributed by atoms with van der Waals surface area (Å²) >= 11 is 0. The highest BCUT2D eigenvalue weighted by Gasteiger charge is 2.36. The van der Waals surface area contributed by atoms with Crippen LogP contribution in [0.1, 0.15) is 42.0 Å². The molecule has 32 heavy (non-hydrogen) atoms. The van der Waals surface area contributed by atoms with Gasteiger partial charge in [0, 0.05) is 5.69 Å². The average Bonchev–Trinajstić information content (AvgIpc) is 2.80. The van der Waals surface area contributed by atoms with Crippen molar-refractivity contribution in [3.05, 3.63) is 95.1 Å². The minimum atomic E-state index is -3.25. The first-order valence-corrected chi connectivity index (χ1v) is 12.5. The summed E-state index contributed by atoms with van der Waals surface area (Å²) in [5.74, 6) is -0.130. The number of carbonyl (C=O) groups is 1. The summed E-state index contributed by atoms with van der Waals surface area (Å²) in [5, 5.41) is 14.4. The minimum absolute atomic E-state index is 0.0462. The molecule has 0 saturated carbocycles. The molecule has 4 rings (SSSR count). The summed E-state index contributed by atoms with van der Waals surface area (Å²) in [7, 11) is -3.25. The monoisotopic (exact) mass is 449 g/mol. The van der Waals surface area contributed by atoms with Gasteiger partial charge in [0.2, 0.25) is 5.91 Å². The van der Waals surface area contributed by atoms with Crippen LogP contribution in [-0.4, -0.2) is 25.2 Å². The van der Waals surface area contributed by atoms with E-state index in [2.05, 4.69) is 5.32 Å². The first kappa shape index (κ1) is 22.2. The van der Waals surface area contributed by atoms with Crippen LogP contribution in [0.3, 0.4) is 0 Å². The van der Waals surface area contributed by atoms with Gasteiger partial charge >= 0.3 is 0 Å². The lowest BCUT2D eigenvalue weighted by atomic mass is 9.75. The Morgan fingerprint density at radius 1 is 1.03 bits per heavy atom. The normalized spacial score (nSPS) is 18.1. The Labute approximate surface area is 189 Å². The quantitative estimate of drug-likeness (QED) is 0.590. The molecule has 2 N–H and O–H groups in total. The number of hydrogen-bond acceptors (Lipinski definition) is 4. The molecule has 1 aliphatic carbocycles. The van der Waals surface area contributed by atoms with Gasteiger partial charge < -0.3 is 10.4 Å². The van der Waals surface area contributed by atoms with Crippen LogP contribution in [0.15, 0.2) is 77.7 Å². The van der Waals surface area contributed by atoms with Crippen LogP contribution in [0.25, 0.3) is 0 Å². The van der Waals surface area contributed by atoms with Crippen molar-refractivity contribution in [3.8, 4) is 0 Å². The van der Waals surface area contributed by atoms with Gasteiger partial charge in [0.25, 0.3) is 0 Å². The second kappa shape index (κ2) is 8.88. The molecule has 0 heterocycles. The third-order valence-electron chi connectivity index (χ3n) is 6.10. The highest BCUT2D eigenvalue weighted by molar-refractivity contribution is 7.91. The van der Waals surface area contributed by atoms with E-state index in [0.717, 1.165) is 35.1 Å². The molecule has 0 saturated heterocycles. The molecule has 3 aromatic rings. The van der Waals surface area contributed by atoms with Crippen molar-refractivity contribution in [1.29, 1.82) is 0 Å². The molecule has 1 unspecified atom stereocenters. The van der Waals surface area contributed by atoms with Crippen LogP contribution >= 0.6 is 0 Å². The molecule has 0 radical (unpaired) electrons. The molecule has 0 aliphatic heterocycles. The van der Waals surface area contributed by atoms with Gasteiger partial charge in [0.15, 0.2) is 9.84 Å². The van der Waals surface area contributed by atoms with E-state index >= 15 is 0 Å². The molecule has 1 aliphatic rings. The number of anilines is 1. The minimum Gasteiger partial charge on any atom is -0.380 e. The number of aryl methyl sites for hydroxylation is 1. The van der Waals surface area contributed by atoms with Crippen LogP contribution in [0, 0.1) is 0 Å². The summed E-state index contributed by atoms with van der Waals surface area (Å²) in [6.45, 7) is 1.61. The van der Waals surface area contributed by atoms with Gasteiger partial charge in [-0.1, -0.05) is 55.5 Å². The summed E-state index contributed by atoms with van der Waals surface area (Å²) in [6, 6.07) is 21.8. The number of benzene rings is 3. The van der Waals surface area contributed by atoms with Crippen molar-refractivity contribution in [2.75, 3.05) is 11.1 Å². The van der Waals surface area contributed by atoms with Crippen LogP contribution in [0.5, 0.6) is 0 Å². The Bertz CT molecular complexity index is 1220. The van der Waals surface area contributed by atoms with Gasteiger partial charge in [-0.2, -0.15) is 0 Å². The number of hydrogen-bond donors (Lipinski definition) is 2. The van der Waals surface area contributed by atoms with Gasteiger partial charge in [0.05, 0.1) is 17.1 Å². The summed E-state index contributed by atoms with van der Waals surface area (Å²) in [5.41, 5.74) is 3.23. The Hall–Kier alpha value is -2.96. The van der Waals surface area contributed by atoms with Gasteiger partial charge in [-0.15, -0.1) is 0 Å². The molecule has 1 atom stereocenters. The standard InChI is InChI=1S/C26H27NO4S/c1-2-32(30,31)23-13-10-19(11-14-23)17-25(28)27-22-12-15-24-20(18-22)7-6-16-26(24,29)21-8-4-3-5-9-21/h3-5,8-15,18,29H,2,6-7,16-17H2,1H3,(H,27,28). The van der Waals surface area contributed by atoms with Crippen molar-refractivity contribution in [1.82, 2.24) is 0 Å². The molecular weight excluding hydrogens is 422 g/mol. The van der Waals surface area contributed by atoms with Crippen molar-refractivity contribution >= 4 is 21.4 Å². The van der Waals surface area contributed by atoms with Gasteiger partial charge in [-0.25, -0.2) is 8.42 Å². The number of carbonyl (C=O) groups excluding carboxylic acids is 1. The van der Waals surface area contributed by atoms with E-state index in [1.165, 1.54) is 0 Å². The number of rotatable bonds is 6. The van der Waals surface area contributed by atoms with Crippen molar-refractivity contribution in [2.45, 2.75) is 43.1 Å². The second-order valence-electron chi connectivity index (χ2n) is 8.22. The van der Waals surface area contributed by atoms with Crippen LogP contribution in [-0.2, 0) is 33.1 Å². The fraction of sp³-hybridized carbons (Fsp3) is 0.269. The molecule has 6 heteroatoms. The predicted octanol–water partition coefficient (Wildman–Crippen LogP) is 4.23. The molecule has 0 bridgehead atoms. The van der Waals surface area contributed by atoms with Crippen LogP contribution < -0.4 is 5.32 Å². The maximum absolute atomic E-state index is 12.6. The van der Waals surface area contributed by atoms with E-state index in [1.807, 2.05) is 48.5 Å². The van der Waals surface area contributed by atoms with E-state index < -0.39 is 15.4 Å². The maximum Gasteiger partial charge on any atom is 0.228 e. The lowest BCUT2D eigenvalue weighted by molar-refractivity contribution is -0.115. The van der Waals surface area contributed by atoms with Crippen LogP contribution in [0.4, 0.5) is 5.69 Å². The Balaban J connectivity index is 1.48. The zero-order valence-electron chi connectivity index (χ0n) is 18.0. The molecular formula is C26H27NO4S. The molecule has 3 aromatic carbocycles.